The van der Waals surface area contributed by atoms with Crippen LogP contribution in [-0.4, -0.2) is 12.4 Å². The molecule has 0 N–H and O–H groups in total. The number of fused-ring (bicyclic) bond motifs is 1. The summed E-state index contributed by atoms with van der Waals surface area (Å²) >= 11 is 0. The van der Waals surface area contributed by atoms with Gasteiger partial charge in [0.15, 0.2) is 5.78 Å². The van der Waals surface area contributed by atoms with Crippen molar-refractivity contribution in [3.8, 4) is 5.75 Å². The highest BCUT2D eigenvalue weighted by Crippen LogP contribution is 2.35. The van der Waals surface area contributed by atoms with Gasteiger partial charge in [0, 0.05) is 5.56 Å². The Kier molecular flexibility index (Phi) is 2.44. The van der Waals surface area contributed by atoms with Crippen molar-refractivity contribution in [2.75, 3.05) is 6.61 Å². The van der Waals surface area contributed by atoms with Crippen LogP contribution in [-0.2, 0) is 0 Å². The predicted octanol–water partition coefficient (Wildman–Crippen LogP) is 3.03. The second kappa shape index (κ2) is 4.09. The van der Waals surface area contributed by atoms with Gasteiger partial charge in [-0.1, -0.05) is 18.2 Å². The molecule has 0 bridgehead atoms. The fraction of sp³-hybridized carbons (Fsp3) is 0.214. The first-order chi connectivity index (χ1) is 8.36. The number of para-hydroxylation sites is 1. The molecule has 0 fully saturated rings. The monoisotopic (exact) mass is 228 g/mol. The minimum Gasteiger partial charge on any atom is -0.493 e. The molecule has 0 spiro atoms. The van der Waals surface area contributed by atoms with Crippen LogP contribution in [0.25, 0.3) is 0 Å². The number of rotatable bonds is 2. The largest absolute Gasteiger partial charge is 0.493 e. The van der Waals surface area contributed by atoms with Crippen molar-refractivity contribution < 1.29 is 13.9 Å². The van der Waals surface area contributed by atoms with E-state index in [4.69, 9.17) is 9.15 Å². The summed E-state index contributed by atoms with van der Waals surface area (Å²) in [5.74, 6) is 0.813. The molecule has 17 heavy (non-hydrogen) atoms. The average molecular weight is 228 g/mol. The zero-order valence-electron chi connectivity index (χ0n) is 9.26. The number of benzene rings is 1. The number of Topliss-reactive ketones (excluding diaryl/α,β-unsaturated/α-hetero) is 1. The van der Waals surface area contributed by atoms with Crippen LogP contribution in [0.3, 0.4) is 0 Å². The Morgan fingerprint density at radius 1 is 1.24 bits per heavy atom. The van der Waals surface area contributed by atoms with Crippen LogP contribution in [0.4, 0.5) is 0 Å². The minimum absolute atomic E-state index is 0.106. The Hall–Kier alpha value is -2.03. The summed E-state index contributed by atoms with van der Waals surface area (Å²) < 4.78 is 10.5. The van der Waals surface area contributed by atoms with Crippen molar-refractivity contribution in [2.45, 2.75) is 12.3 Å². The van der Waals surface area contributed by atoms with E-state index in [1.54, 1.807) is 6.07 Å². The highest BCUT2D eigenvalue weighted by atomic mass is 16.5. The lowest BCUT2D eigenvalue weighted by Gasteiger charge is -2.24. The molecular formula is C14H12O3. The van der Waals surface area contributed by atoms with E-state index in [-0.39, 0.29) is 11.7 Å². The van der Waals surface area contributed by atoms with Gasteiger partial charge in [-0.3, -0.25) is 4.79 Å². The Morgan fingerprint density at radius 2 is 2.12 bits per heavy atom. The van der Waals surface area contributed by atoms with Crippen LogP contribution in [0.2, 0.25) is 0 Å². The maximum Gasteiger partial charge on any atom is 0.173 e. The molecule has 1 aliphatic rings. The van der Waals surface area contributed by atoms with Gasteiger partial charge in [-0.2, -0.15) is 0 Å². The van der Waals surface area contributed by atoms with Crippen molar-refractivity contribution in [3.05, 3.63) is 54.0 Å². The number of carbonyl (C=O) groups excluding carboxylic acids is 1. The molecular weight excluding hydrogens is 216 g/mol. The molecule has 0 saturated carbocycles. The van der Waals surface area contributed by atoms with Crippen LogP contribution in [0.1, 0.15) is 28.3 Å². The molecule has 86 valence electrons. The summed E-state index contributed by atoms with van der Waals surface area (Å²) in [5.41, 5.74) is 1.61. The lowest BCUT2D eigenvalue weighted by Crippen LogP contribution is -2.21. The molecule has 1 atom stereocenters. The molecule has 2 aromatic rings. The van der Waals surface area contributed by atoms with Gasteiger partial charge < -0.3 is 9.15 Å². The second-order valence-corrected chi connectivity index (χ2v) is 4.10. The third-order valence-electron chi connectivity index (χ3n) is 3.08. The molecule has 1 aromatic heterocycles. The van der Waals surface area contributed by atoms with Gasteiger partial charge in [0.1, 0.15) is 12.0 Å². The third kappa shape index (κ3) is 1.73. The van der Waals surface area contributed by atoms with Crippen molar-refractivity contribution in [1.82, 2.24) is 0 Å². The highest BCUT2D eigenvalue weighted by molar-refractivity contribution is 6.01. The highest BCUT2D eigenvalue weighted by Gasteiger charge is 2.28. The zero-order valence-corrected chi connectivity index (χ0v) is 9.26. The van der Waals surface area contributed by atoms with Crippen LogP contribution in [0, 0.1) is 0 Å². The van der Waals surface area contributed by atoms with Gasteiger partial charge in [0.25, 0.3) is 0 Å². The zero-order chi connectivity index (χ0) is 11.7. The Balaban J connectivity index is 1.98. The number of hydrogen-bond acceptors (Lipinski definition) is 3. The normalized spacial score (nSPS) is 18.2. The maximum absolute atomic E-state index is 12.3. The number of ketones is 1. The van der Waals surface area contributed by atoms with Gasteiger partial charge in [-0.05, 0) is 18.6 Å². The molecule has 1 aromatic carbocycles. The summed E-state index contributed by atoms with van der Waals surface area (Å²) in [6, 6.07) is 9.42. The minimum atomic E-state index is -0.113. The van der Waals surface area contributed by atoms with Gasteiger partial charge in [-0.15, -0.1) is 0 Å². The van der Waals surface area contributed by atoms with Crippen LogP contribution in [0.15, 0.2) is 47.3 Å². The van der Waals surface area contributed by atoms with E-state index in [1.165, 1.54) is 12.5 Å². The average Bonchev–Trinajstić information content (AvgIpc) is 2.91. The van der Waals surface area contributed by atoms with Crippen molar-refractivity contribution in [2.24, 2.45) is 0 Å². The van der Waals surface area contributed by atoms with Crippen LogP contribution >= 0.6 is 0 Å². The van der Waals surface area contributed by atoms with E-state index in [0.29, 0.717) is 12.2 Å². The van der Waals surface area contributed by atoms with E-state index in [1.807, 2.05) is 24.3 Å². The predicted molar refractivity (Wildman–Crippen MR) is 62.3 cm³/mol. The van der Waals surface area contributed by atoms with Gasteiger partial charge in [-0.25, -0.2) is 0 Å². The van der Waals surface area contributed by atoms with E-state index >= 15 is 0 Å². The molecule has 0 aliphatic carbocycles. The van der Waals surface area contributed by atoms with Crippen LogP contribution in [0.5, 0.6) is 5.75 Å². The summed E-state index contributed by atoms with van der Waals surface area (Å²) in [7, 11) is 0. The standard InChI is InChI=1S/C14H12O3/c15-14(10-5-7-16-9-10)12-6-8-17-13-4-2-1-3-11(12)13/h1-5,7,9,12H,6,8H2. The molecule has 3 heteroatoms. The van der Waals surface area contributed by atoms with Crippen LogP contribution < -0.4 is 4.74 Å². The maximum atomic E-state index is 12.3. The van der Waals surface area contributed by atoms with Crippen molar-refractivity contribution >= 4 is 5.78 Å². The molecule has 3 nitrogen and oxygen atoms in total. The summed E-state index contributed by atoms with van der Waals surface area (Å²) in [6.45, 7) is 0.589. The first kappa shape index (κ1) is 10.1. The first-order valence-corrected chi connectivity index (χ1v) is 5.64. The van der Waals surface area contributed by atoms with E-state index < -0.39 is 0 Å². The van der Waals surface area contributed by atoms with Gasteiger partial charge in [0.2, 0.25) is 0 Å². The summed E-state index contributed by atoms with van der Waals surface area (Å²) in [4.78, 5) is 12.3. The quantitative estimate of drug-likeness (QED) is 0.742. The van der Waals surface area contributed by atoms with Gasteiger partial charge >= 0.3 is 0 Å². The fourth-order valence-corrected chi connectivity index (χ4v) is 2.22. The van der Waals surface area contributed by atoms with E-state index in [0.717, 1.165) is 17.7 Å². The Bertz CT molecular complexity index is 528. The second-order valence-electron chi connectivity index (χ2n) is 4.10. The lowest BCUT2D eigenvalue weighted by atomic mass is 9.87. The number of hydrogen-bond donors (Lipinski definition) is 0. The molecule has 0 amide bonds. The third-order valence-corrected chi connectivity index (χ3v) is 3.08. The van der Waals surface area contributed by atoms with E-state index in [2.05, 4.69) is 0 Å². The summed E-state index contributed by atoms with van der Waals surface area (Å²) in [5, 5.41) is 0. The topological polar surface area (TPSA) is 39.4 Å². The molecule has 3 rings (SSSR count). The number of furan rings is 1. The number of ether oxygens (including phenoxy) is 1. The SMILES string of the molecule is O=C(c1ccoc1)C1CCOc2ccccc21. The van der Waals surface area contributed by atoms with Crippen molar-refractivity contribution in [1.29, 1.82) is 0 Å². The Morgan fingerprint density at radius 3 is 2.94 bits per heavy atom. The van der Waals surface area contributed by atoms with Crippen molar-refractivity contribution in [3.63, 3.8) is 0 Å². The molecule has 1 aliphatic heterocycles. The fourth-order valence-electron chi connectivity index (χ4n) is 2.22. The molecule has 0 radical (unpaired) electrons. The molecule has 2 heterocycles. The van der Waals surface area contributed by atoms with E-state index in [9.17, 15) is 4.79 Å². The smallest absolute Gasteiger partial charge is 0.173 e. The van der Waals surface area contributed by atoms with Gasteiger partial charge in [0.05, 0.1) is 24.4 Å². The lowest BCUT2D eigenvalue weighted by molar-refractivity contribution is 0.0932. The molecule has 0 saturated heterocycles. The molecule has 1 unspecified atom stereocenters. The Labute approximate surface area is 99.0 Å². The number of carbonyl (C=O) groups is 1. The first-order valence-electron chi connectivity index (χ1n) is 5.64. The summed E-state index contributed by atoms with van der Waals surface area (Å²) in [6.07, 6.45) is 3.75.